The standard InChI is InChI=1S/C12H17BrO3/c1-8(4-5-14)6-9-10(13)2-3-11(15)12(9)7-16-12/h2,8-9,14H,3-7H2,1H3/t8?,9?,12-/m0/s1. The molecule has 1 N–H and O–H groups in total. The minimum absolute atomic E-state index is 0.148. The average molecular weight is 289 g/mol. The third kappa shape index (κ3) is 2.11. The molecule has 0 saturated carbocycles. The van der Waals surface area contributed by atoms with E-state index in [0.29, 0.717) is 18.9 Å². The molecule has 2 unspecified atom stereocenters. The molecule has 1 aliphatic heterocycles. The van der Waals surface area contributed by atoms with Gasteiger partial charge in [0.25, 0.3) is 0 Å². The van der Waals surface area contributed by atoms with E-state index in [-0.39, 0.29) is 18.3 Å². The van der Waals surface area contributed by atoms with Crippen LogP contribution in [0.25, 0.3) is 0 Å². The fourth-order valence-electron chi connectivity index (χ4n) is 2.41. The van der Waals surface area contributed by atoms with Crippen LogP contribution in [0.4, 0.5) is 0 Å². The zero-order valence-electron chi connectivity index (χ0n) is 9.41. The van der Waals surface area contributed by atoms with Gasteiger partial charge in [0.2, 0.25) is 0 Å². The van der Waals surface area contributed by atoms with E-state index in [0.717, 1.165) is 17.3 Å². The van der Waals surface area contributed by atoms with Gasteiger partial charge in [-0.15, -0.1) is 0 Å². The molecule has 90 valence electrons. The molecule has 1 aliphatic carbocycles. The van der Waals surface area contributed by atoms with Crippen molar-refractivity contribution in [3.05, 3.63) is 10.6 Å². The van der Waals surface area contributed by atoms with Crippen LogP contribution in [0, 0.1) is 11.8 Å². The molecule has 1 heterocycles. The highest BCUT2D eigenvalue weighted by Crippen LogP contribution is 2.48. The van der Waals surface area contributed by atoms with Crippen molar-refractivity contribution in [2.24, 2.45) is 11.8 Å². The number of Topliss-reactive ketones (excluding diaryl/α,β-unsaturated/α-hetero) is 1. The molecular weight excluding hydrogens is 272 g/mol. The Hall–Kier alpha value is -0.190. The summed E-state index contributed by atoms with van der Waals surface area (Å²) in [6.45, 7) is 2.87. The molecule has 0 aromatic rings. The molecule has 3 nitrogen and oxygen atoms in total. The van der Waals surface area contributed by atoms with Gasteiger partial charge in [-0.3, -0.25) is 4.79 Å². The highest BCUT2D eigenvalue weighted by Gasteiger charge is 2.59. The summed E-state index contributed by atoms with van der Waals surface area (Å²) in [6.07, 6.45) is 4.10. The van der Waals surface area contributed by atoms with E-state index in [9.17, 15) is 4.79 Å². The van der Waals surface area contributed by atoms with E-state index < -0.39 is 5.60 Å². The number of carbonyl (C=O) groups is 1. The molecule has 0 amide bonds. The maximum atomic E-state index is 11.8. The van der Waals surface area contributed by atoms with Crippen LogP contribution in [0.3, 0.4) is 0 Å². The zero-order valence-corrected chi connectivity index (χ0v) is 11.0. The highest BCUT2D eigenvalue weighted by atomic mass is 79.9. The van der Waals surface area contributed by atoms with Crippen LogP contribution >= 0.6 is 15.9 Å². The maximum Gasteiger partial charge on any atom is 0.171 e. The summed E-state index contributed by atoms with van der Waals surface area (Å²) in [7, 11) is 0. The number of allylic oxidation sites excluding steroid dienone is 1. The molecular formula is C12H17BrO3. The summed E-state index contributed by atoms with van der Waals surface area (Å²) in [6, 6.07) is 0. The smallest absolute Gasteiger partial charge is 0.171 e. The number of epoxide rings is 1. The summed E-state index contributed by atoms with van der Waals surface area (Å²) in [5, 5.41) is 8.91. The molecule has 0 radical (unpaired) electrons. The molecule has 0 aromatic carbocycles. The first kappa shape index (κ1) is 12.3. The molecule has 1 saturated heterocycles. The van der Waals surface area contributed by atoms with Gasteiger partial charge in [-0.25, -0.2) is 0 Å². The number of carbonyl (C=O) groups excluding carboxylic acids is 1. The highest BCUT2D eigenvalue weighted by molar-refractivity contribution is 9.11. The van der Waals surface area contributed by atoms with Crippen LogP contribution in [0.1, 0.15) is 26.2 Å². The summed E-state index contributed by atoms with van der Waals surface area (Å²) in [5.41, 5.74) is -0.530. The average Bonchev–Trinajstić information content (AvgIpc) is 3.01. The van der Waals surface area contributed by atoms with Gasteiger partial charge in [0, 0.05) is 18.9 Å². The lowest BCUT2D eigenvalue weighted by molar-refractivity contribution is -0.125. The number of ketones is 1. The van der Waals surface area contributed by atoms with Crippen molar-refractivity contribution in [1.29, 1.82) is 0 Å². The summed E-state index contributed by atoms with van der Waals surface area (Å²) < 4.78 is 6.52. The Labute approximate surface area is 104 Å². The predicted molar refractivity (Wildman–Crippen MR) is 64.3 cm³/mol. The Bertz CT molecular complexity index is 320. The monoisotopic (exact) mass is 288 g/mol. The van der Waals surface area contributed by atoms with Gasteiger partial charge in [-0.05, 0) is 23.2 Å². The Morgan fingerprint density at radius 1 is 1.75 bits per heavy atom. The van der Waals surface area contributed by atoms with Crippen molar-refractivity contribution in [3.8, 4) is 0 Å². The normalized spacial score (nSPS) is 35.1. The lowest BCUT2D eigenvalue weighted by Gasteiger charge is -2.28. The third-order valence-electron chi connectivity index (χ3n) is 3.57. The second-order valence-electron chi connectivity index (χ2n) is 4.80. The van der Waals surface area contributed by atoms with Crippen LogP contribution in [0.15, 0.2) is 10.6 Å². The minimum atomic E-state index is -0.530. The van der Waals surface area contributed by atoms with Crippen molar-refractivity contribution < 1.29 is 14.6 Å². The lowest BCUT2D eigenvalue weighted by atomic mass is 9.78. The van der Waals surface area contributed by atoms with Crippen LogP contribution < -0.4 is 0 Å². The summed E-state index contributed by atoms with van der Waals surface area (Å²) in [4.78, 5) is 11.8. The molecule has 3 atom stereocenters. The first-order chi connectivity index (χ1) is 7.60. The van der Waals surface area contributed by atoms with E-state index in [1.807, 2.05) is 6.08 Å². The van der Waals surface area contributed by atoms with Crippen molar-refractivity contribution in [1.82, 2.24) is 0 Å². The van der Waals surface area contributed by atoms with Gasteiger partial charge in [-0.1, -0.05) is 28.9 Å². The topological polar surface area (TPSA) is 49.8 Å². The predicted octanol–water partition coefficient (Wildman–Crippen LogP) is 2.03. The largest absolute Gasteiger partial charge is 0.396 e. The molecule has 2 aliphatic rings. The van der Waals surface area contributed by atoms with Gasteiger partial charge < -0.3 is 9.84 Å². The second-order valence-corrected chi connectivity index (χ2v) is 5.72. The Morgan fingerprint density at radius 2 is 2.44 bits per heavy atom. The third-order valence-corrected chi connectivity index (χ3v) is 4.44. The number of aliphatic hydroxyl groups excluding tert-OH is 1. The number of halogens is 1. The molecule has 1 fully saturated rings. The SMILES string of the molecule is CC(CCO)CC1C(Br)=CCC(=O)[C@]12CO2. The molecule has 0 aromatic heterocycles. The van der Waals surface area contributed by atoms with Crippen molar-refractivity contribution >= 4 is 21.7 Å². The number of hydrogen-bond donors (Lipinski definition) is 1. The first-order valence-corrected chi connectivity index (χ1v) is 6.53. The van der Waals surface area contributed by atoms with Gasteiger partial charge in [-0.2, -0.15) is 0 Å². The van der Waals surface area contributed by atoms with E-state index in [2.05, 4.69) is 22.9 Å². The number of hydrogen-bond acceptors (Lipinski definition) is 3. The molecule has 4 heteroatoms. The zero-order chi connectivity index (χ0) is 11.8. The van der Waals surface area contributed by atoms with E-state index in [1.54, 1.807) is 0 Å². The fourth-order valence-corrected chi connectivity index (χ4v) is 3.12. The fraction of sp³-hybridized carbons (Fsp3) is 0.750. The van der Waals surface area contributed by atoms with E-state index in [1.165, 1.54) is 0 Å². The van der Waals surface area contributed by atoms with Crippen molar-refractivity contribution in [2.45, 2.75) is 31.8 Å². The molecule has 1 spiro atoms. The van der Waals surface area contributed by atoms with Gasteiger partial charge in [0.1, 0.15) is 0 Å². The summed E-state index contributed by atoms with van der Waals surface area (Å²) in [5.74, 6) is 0.759. The maximum absolute atomic E-state index is 11.8. The molecule has 2 rings (SSSR count). The number of rotatable bonds is 4. The lowest BCUT2D eigenvalue weighted by Crippen LogP contribution is -2.37. The quantitative estimate of drug-likeness (QED) is 0.806. The van der Waals surface area contributed by atoms with Gasteiger partial charge >= 0.3 is 0 Å². The van der Waals surface area contributed by atoms with Crippen molar-refractivity contribution in [3.63, 3.8) is 0 Å². The summed E-state index contributed by atoms with van der Waals surface area (Å²) >= 11 is 3.54. The van der Waals surface area contributed by atoms with Crippen LogP contribution in [-0.4, -0.2) is 29.7 Å². The van der Waals surface area contributed by atoms with Crippen LogP contribution in [0.5, 0.6) is 0 Å². The van der Waals surface area contributed by atoms with Crippen LogP contribution in [0.2, 0.25) is 0 Å². The Balaban J connectivity index is 2.08. The minimum Gasteiger partial charge on any atom is -0.396 e. The number of ether oxygens (including phenoxy) is 1. The van der Waals surface area contributed by atoms with Crippen molar-refractivity contribution in [2.75, 3.05) is 13.2 Å². The van der Waals surface area contributed by atoms with Gasteiger partial charge in [0.05, 0.1) is 6.61 Å². The molecule has 16 heavy (non-hydrogen) atoms. The Morgan fingerprint density at radius 3 is 3.00 bits per heavy atom. The molecule has 0 bridgehead atoms. The Kier molecular flexibility index (Phi) is 3.52. The second kappa shape index (κ2) is 4.59. The van der Waals surface area contributed by atoms with E-state index in [4.69, 9.17) is 9.84 Å². The van der Waals surface area contributed by atoms with E-state index >= 15 is 0 Å². The van der Waals surface area contributed by atoms with Gasteiger partial charge in [0.15, 0.2) is 11.4 Å². The first-order valence-electron chi connectivity index (χ1n) is 5.74. The van der Waals surface area contributed by atoms with Crippen LogP contribution in [-0.2, 0) is 9.53 Å². The number of aliphatic hydroxyl groups is 1.